The Labute approximate surface area is 104 Å². The molecule has 4 nitrogen and oxygen atoms in total. The molecule has 0 saturated carbocycles. The quantitative estimate of drug-likeness (QED) is 0.680. The molecular weight excluding hydrogens is 212 g/mol. The van der Waals surface area contributed by atoms with Crippen molar-refractivity contribution in [1.82, 2.24) is 9.97 Å². The van der Waals surface area contributed by atoms with Gasteiger partial charge in [0.1, 0.15) is 5.82 Å². The van der Waals surface area contributed by atoms with Crippen LogP contribution in [0.5, 0.6) is 0 Å². The van der Waals surface area contributed by atoms with Crippen LogP contribution in [0.15, 0.2) is 12.3 Å². The summed E-state index contributed by atoms with van der Waals surface area (Å²) in [6.45, 7) is 7.31. The zero-order chi connectivity index (χ0) is 12.5. The highest BCUT2D eigenvalue weighted by Crippen LogP contribution is 2.10. The molecule has 96 valence electrons. The van der Waals surface area contributed by atoms with E-state index in [4.69, 9.17) is 0 Å². The van der Waals surface area contributed by atoms with Crippen molar-refractivity contribution in [2.45, 2.75) is 52.5 Å². The number of rotatable bonds is 8. The molecule has 2 N–H and O–H groups in total. The first-order chi connectivity index (χ1) is 8.26. The summed E-state index contributed by atoms with van der Waals surface area (Å²) in [5.74, 6) is 1.60. The van der Waals surface area contributed by atoms with Gasteiger partial charge in [-0.3, -0.25) is 0 Å². The van der Waals surface area contributed by atoms with E-state index >= 15 is 0 Å². The van der Waals surface area contributed by atoms with Crippen molar-refractivity contribution in [3.8, 4) is 0 Å². The summed E-state index contributed by atoms with van der Waals surface area (Å²) in [7, 11) is 0. The van der Waals surface area contributed by atoms with Crippen molar-refractivity contribution in [1.29, 1.82) is 0 Å². The van der Waals surface area contributed by atoms with Crippen LogP contribution in [0.25, 0.3) is 0 Å². The summed E-state index contributed by atoms with van der Waals surface area (Å²) in [5, 5.41) is 6.52. The molecule has 0 spiro atoms. The summed E-state index contributed by atoms with van der Waals surface area (Å²) < 4.78 is 0. The van der Waals surface area contributed by atoms with Gasteiger partial charge in [0.05, 0.1) is 0 Å². The Morgan fingerprint density at radius 2 is 2.12 bits per heavy atom. The molecule has 0 bridgehead atoms. The van der Waals surface area contributed by atoms with Gasteiger partial charge in [0.15, 0.2) is 0 Å². The van der Waals surface area contributed by atoms with Gasteiger partial charge in [-0.25, -0.2) is 4.98 Å². The molecule has 1 aromatic heterocycles. The predicted octanol–water partition coefficient (Wildman–Crippen LogP) is 3.29. The average Bonchev–Trinajstić information content (AvgIpc) is 2.30. The van der Waals surface area contributed by atoms with Gasteiger partial charge >= 0.3 is 0 Å². The Hall–Kier alpha value is -1.32. The van der Waals surface area contributed by atoms with E-state index in [1.807, 2.05) is 13.0 Å². The lowest BCUT2D eigenvalue weighted by Gasteiger charge is -2.14. The third-order valence-electron chi connectivity index (χ3n) is 2.63. The van der Waals surface area contributed by atoms with Crippen LogP contribution in [0.1, 0.15) is 46.5 Å². The average molecular weight is 236 g/mol. The molecule has 0 fully saturated rings. The highest BCUT2D eigenvalue weighted by atomic mass is 15.1. The van der Waals surface area contributed by atoms with Gasteiger partial charge in [0.25, 0.3) is 0 Å². The fraction of sp³-hybridized carbons (Fsp3) is 0.692. The van der Waals surface area contributed by atoms with Crippen LogP contribution in [0.2, 0.25) is 0 Å². The molecule has 0 aliphatic heterocycles. The summed E-state index contributed by atoms with van der Waals surface area (Å²) >= 11 is 0. The number of hydrogen-bond acceptors (Lipinski definition) is 4. The van der Waals surface area contributed by atoms with E-state index in [0.717, 1.165) is 12.4 Å². The first-order valence-corrected chi connectivity index (χ1v) is 6.59. The van der Waals surface area contributed by atoms with Crippen LogP contribution in [-0.4, -0.2) is 22.6 Å². The lowest BCUT2D eigenvalue weighted by Crippen LogP contribution is -2.16. The van der Waals surface area contributed by atoms with Gasteiger partial charge in [-0.1, -0.05) is 26.2 Å². The normalized spacial score (nSPS) is 12.2. The molecule has 0 amide bonds. The van der Waals surface area contributed by atoms with E-state index in [1.165, 1.54) is 25.7 Å². The van der Waals surface area contributed by atoms with Crippen molar-refractivity contribution in [3.63, 3.8) is 0 Å². The standard InChI is InChI=1S/C13H24N4/c1-4-6-7-8-11(3)16-12-9-10-15-13(17-12)14-5-2/h9-11H,4-8H2,1-3H3,(H2,14,15,16,17). The van der Waals surface area contributed by atoms with Crippen molar-refractivity contribution in [3.05, 3.63) is 12.3 Å². The second-order valence-electron chi connectivity index (χ2n) is 4.34. The molecule has 1 heterocycles. The number of anilines is 2. The minimum atomic E-state index is 0.464. The Morgan fingerprint density at radius 3 is 2.82 bits per heavy atom. The maximum atomic E-state index is 4.40. The lowest BCUT2D eigenvalue weighted by atomic mass is 10.1. The molecular formula is C13H24N4. The molecule has 4 heteroatoms. The maximum absolute atomic E-state index is 4.40. The van der Waals surface area contributed by atoms with Crippen LogP contribution in [0, 0.1) is 0 Å². The molecule has 0 radical (unpaired) electrons. The number of nitrogens with zero attached hydrogens (tertiary/aromatic N) is 2. The van der Waals surface area contributed by atoms with Gasteiger partial charge in [-0.15, -0.1) is 0 Å². The van der Waals surface area contributed by atoms with E-state index in [9.17, 15) is 0 Å². The van der Waals surface area contributed by atoms with E-state index in [0.29, 0.717) is 12.0 Å². The van der Waals surface area contributed by atoms with Crippen LogP contribution >= 0.6 is 0 Å². The molecule has 0 aliphatic carbocycles. The number of aromatic nitrogens is 2. The molecule has 1 unspecified atom stereocenters. The third-order valence-corrected chi connectivity index (χ3v) is 2.63. The molecule has 0 aliphatic rings. The zero-order valence-electron chi connectivity index (χ0n) is 11.2. The topological polar surface area (TPSA) is 49.8 Å². The Bertz CT molecular complexity index is 314. The molecule has 1 aromatic rings. The smallest absolute Gasteiger partial charge is 0.224 e. The van der Waals surface area contributed by atoms with E-state index < -0.39 is 0 Å². The Kier molecular flexibility index (Phi) is 6.37. The maximum Gasteiger partial charge on any atom is 0.224 e. The van der Waals surface area contributed by atoms with Gasteiger partial charge in [-0.2, -0.15) is 4.98 Å². The van der Waals surface area contributed by atoms with Crippen molar-refractivity contribution in [2.24, 2.45) is 0 Å². The fourth-order valence-electron chi connectivity index (χ4n) is 1.71. The molecule has 17 heavy (non-hydrogen) atoms. The number of nitrogens with one attached hydrogen (secondary N) is 2. The van der Waals surface area contributed by atoms with Crippen molar-refractivity contribution >= 4 is 11.8 Å². The largest absolute Gasteiger partial charge is 0.367 e. The fourth-order valence-corrected chi connectivity index (χ4v) is 1.71. The van der Waals surface area contributed by atoms with Crippen LogP contribution in [-0.2, 0) is 0 Å². The molecule has 0 saturated heterocycles. The van der Waals surface area contributed by atoms with Gasteiger partial charge in [0.2, 0.25) is 5.95 Å². The minimum Gasteiger partial charge on any atom is -0.367 e. The first-order valence-electron chi connectivity index (χ1n) is 6.59. The monoisotopic (exact) mass is 236 g/mol. The van der Waals surface area contributed by atoms with Gasteiger partial charge in [0, 0.05) is 18.8 Å². The highest BCUT2D eigenvalue weighted by molar-refractivity contribution is 5.40. The second-order valence-corrected chi connectivity index (χ2v) is 4.34. The number of hydrogen-bond donors (Lipinski definition) is 2. The van der Waals surface area contributed by atoms with E-state index in [2.05, 4.69) is 34.4 Å². The predicted molar refractivity (Wildman–Crippen MR) is 73.4 cm³/mol. The minimum absolute atomic E-state index is 0.464. The Morgan fingerprint density at radius 1 is 1.29 bits per heavy atom. The highest BCUT2D eigenvalue weighted by Gasteiger charge is 2.03. The molecule has 1 atom stereocenters. The van der Waals surface area contributed by atoms with Crippen molar-refractivity contribution < 1.29 is 0 Å². The SMILES string of the molecule is CCCCCC(C)Nc1ccnc(NCC)n1. The summed E-state index contributed by atoms with van der Waals surface area (Å²) in [4.78, 5) is 8.55. The number of unbranched alkanes of at least 4 members (excludes halogenated alkanes) is 2. The summed E-state index contributed by atoms with van der Waals surface area (Å²) in [5.41, 5.74) is 0. The van der Waals surface area contributed by atoms with Crippen LogP contribution < -0.4 is 10.6 Å². The third kappa shape index (κ3) is 5.52. The summed E-state index contributed by atoms with van der Waals surface area (Å²) in [6.07, 6.45) is 6.82. The van der Waals surface area contributed by atoms with E-state index in [1.54, 1.807) is 6.20 Å². The Balaban J connectivity index is 2.41. The second kappa shape index (κ2) is 7.87. The molecule has 1 rings (SSSR count). The van der Waals surface area contributed by atoms with Crippen LogP contribution in [0.3, 0.4) is 0 Å². The van der Waals surface area contributed by atoms with Gasteiger partial charge < -0.3 is 10.6 Å². The zero-order valence-corrected chi connectivity index (χ0v) is 11.2. The first kappa shape index (κ1) is 13.7. The molecule has 0 aromatic carbocycles. The van der Waals surface area contributed by atoms with Gasteiger partial charge in [-0.05, 0) is 26.3 Å². The van der Waals surface area contributed by atoms with E-state index in [-0.39, 0.29) is 0 Å². The van der Waals surface area contributed by atoms with Crippen LogP contribution in [0.4, 0.5) is 11.8 Å². The van der Waals surface area contributed by atoms with Crippen molar-refractivity contribution in [2.75, 3.05) is 17.2 Å². The summed E-state index contributed by atoms with van der Waals surface area (Å²) in [6, 6.07) is 2.38. The lowest BCUT2D eigenvalue weighted by molar-refractivity contribution is 0.613.